The Hall–Kier alpha value is -2.61. The number of rotatable bonds is 7. The third kappa shape index (κ3) is 5.19. The van der Waals surface area contributed by atoms with Crippen molar-refractivity contribution in [1.29, 1.82) is 0 Å². The van der Waals surface area contributed by atoms with Gasteiger partial charge in [0.05, 0.1) is 0 Å². The van der Waals surface area contributed by atoms with Crippen molar-refractivity contribution in [2.45, 2.75) is 38.6 Å². The molecule has 1 aliphatic rings. The van der Waals surface area contributed by atoms with Gasteiger partial charge in [0.1, 0.15) is 6.61 Å². The number of methoxy groups -OCH3 is 1. The summed E-state index contributed by atoms with van der Waals surface area (Å²) < 4.78 is 4.90. The Labute approximate surface area is 152 Å². The van der Waals surface area contributed by atoms with Gasteiger partial charge in [-0.15, -0.1) is 0 Å². The van der Waals surface area contributed by atoms with E-state index in [9.17, 15) is 14.4 Å². The molecule has 3 amide bonds. The number of aliphatic carboxylic acids is 1. The van der Waals surface area contributed by atoms with Crippen molar-refractivity contribution in [3.63, 3.8) is 0 Å². The molecule has 1 aliphatic heterocycles. The van der Waals surface area contributed by atoms with E-state index in [0.717, 1.165) is 11.3 Å². The summed E-state index contributed by atoms with van der Waals surface area (Å²) in [5.74, 6) is -0.989. The van der Waals surface area contributed by atoms with E-state index in [1.807, 2.05) is 6.07 Å². The van der Waals surface area contributed by atoms with Crippen LogP contribution in [-0.4, -0.2) is 48.8 Å². The SMILES string of the molecule is COCC(=O)N1CCc2cc(NC(=O)NC(C)(C)CCC(=O)O)ccc21. The molecule has 0 radical (unpaired) electrons. The number of fused-ring (bicyclic) bond motifs is 1. The van der Waals surface area contributed by atoms with Gasteiger partial charge >= 0.3 is 12.0 Å². The minimum atomic E-state index is -0.897. The Bertz CT molecular complexity index is 702. The summed E-state index contributed by atoms with van der Waals surface area (Å²) in [6.45, 7) is 4.18. The maximum Gasteiger partial charge on any atom is 0.319 e. The van der Waals surface area contributed by atoms with Gasteiger partial charge in [-0.3, -0.25) is 9.59 Å². The molecule has 0 atom stereocenters. The van der Waals surface area contributed by atoms with Crippen molar-refractivity contribution in [3.8, 4) is 0 Å². The number of anilines is 2. The fraction of sp³-hybridized carbons (Fsp3) is 0.500. The van der Waals surface area contributed by atoms with Crippen LogP contribution >= 0.6 is 0 Å². The quantitative estimate of drug-likeness (QED) is 0.687. The first-order chi connectivity index (χ1) is 12.2. The van der Waals surface area contributed by atoms with E-state index in [4.69, 9.17) is 9.84 Å². The van der Waals surface area contributed by atoms with Crippen LogP contribution in [0.2, 0.25) is 0 Å². The van der Waals surface area contributed by atoms with Gasteiger partial charge in [-0.2, -0.15) is 0 Å². The van der Waals surface area contributed by atoms with Crippen molar-refractivity contribution in [2.24, 2.45) is 0 Å². The molecule has 8 heteroatoms. The van der Waals surface area contributed by atoms with Crippen molar-refractivity contribution >= 4 is 29.3 Å². The number of urea groups is 1. The summed E-state index contributed by atoms with van der Waals surface area (Å²) in [6, 6.07) is 4.99. The minimum absolute atomic E-state index is 0.0164. The van der Waals surface area contributed by atoms with Gasteiger partial charge in [-0.1, -0.05) is 0 Å². The van der Waals surface area contributed by atoms with Crippen LogP contribution in [-0.2, 0) is 20.7 Å². The highest BCUT2D eigenvalue weighted by Gasteiger charge is 2.25. The summed E-state index contributed by atoms with van der Waals surface area (Å²) >= 11 is 0. The number of hydrogen-bond donors (Lipinski definition) is 3. The summed E-state index contributed by atoms with van der Waals surface area (Å²) in [5, 5.41) is 14.3. The highest BCUT2D eigenvalue weighted by molar-refractivity contribution is 5.97. The van der Waals surface area contributed by atoms with E-state index in [0.29, 0.717) is 25.1 Å². The number of carboxylic acids is 1. The monoisotopic (exact) mass is 363 g/mol. The number of ether oxygens (including phenoxy) is 1. The van der Waals surface area contributed by atoms with Gasteiger partial charge in [0.2, 0.25) is 0 Å². The van der Waals surface area contributed by atoms with E-state index in [2.05, 4.69) is 10.6 Å². The number of carboxylic acid groups (broad SMARTS) is 1. The Balaban J connectivity index is 1.98. The Morgan fingerprint density at radius 3 is 2.69 bits per heavy atom. The molecule has 1 aromatic rings. The standard InChI is InChI=1S/C18H25N3O5/c1-18(2,8-6-16(23)24)20-17(25)19-13-4-5-14-12(10-13)7-9-21(14)15(22)11-26-3/h4-5,10H,6-9,11H2,1-3H3,(H,23,24)(H2,19,20,25). The summed E-state index contributed by atoms with van der Waals surface area (Å²) in [5.41, 5.74) is 1.80. The van der Waals surface area contributed by atoms with Gasteiger partial charge in [0.15, 0.2) is 0 Å². The number of hydrogen-bond acceptors (Lipinski definition) is 4. The van der Waals surface area contributed by atoms with E-state index in [1.54, 1.807) is 30.9 Å². The topological polar surface area (TPSA) is 108 Å². The fourth-order valence-corrected chi connectivity index (χ4v) is 2.89. The van der Waals surface area contributed by atoms with Gasteiger partial charge < -0.3 is 25.4 Å². The van der Waals surface area contributed by atoms with Crippen LogP contribution in [0.1, 0.15) is 32.3 Å². The third-order valence-corrected chi connectivity index (χ3v) is 4.22. The number of nitrogens with zero attached hydrogens (tertiary/aromatic N) is 1. The lowest BCUT2D eigenvalue weighted by molar-refractivity contribution is -0.137. The Kier molecular flexibility index (Phi) is 6.20. The van der Waals surface area contributed by atoms with E-state index < -0.39 is 17.5 Å². The van der Waals surface area contributed by atoms with Crippen LogP contribution in [0.4, 0.5) is 16.2 Å². The van der Waals surface area contributed by atoms with Crippen molar-refractivity contribution in [2.75, 3.05) is 30.5 Å². The summed E-state index contributed by atoms with van der Waals surface area (Å²) in [6.07, 6.45) is 1.03. The molecule has 1 aromatic carbocycles. The van der Waals surface area contributed by atoms with Crippen molar-refractivity contribution in [3.05, 3.63) is 23.8 Å². The molecule has 3 N–H and O–H groups in total. The van der Waals surface area contributed by atoms with Gasteiger partial charge in [0.25, 0.3) is 5.91 Å². The molecule has 8 nitrogen and oxygen atoms in total. The highest BCUT2D eigenvalue weighted by Crippen LogP contribution is 2.30. The smallest absolute Gasteiger partial charge is 0.319 e. The fourth-order valence-electron chi connectivity index (χ4n) is 2.89. The van der Waals surface area contributed by atoms with Crippen molar-refractivity contribution < 1.29 is 24.2 Å². The molecule has 0 aliphatic carbocycles. The molecule has 0 fully saturated rings. The Morgan fingerprint density at radius 1 is 1.31 bits per heavy atom. The summed E-state index contributed by atoms with van der Waals surface area (Å²) in [4.78, 5) is 36.6. The Morgan fingerprint density at radius 2 is 2.04 bits per heavy atom. The zero-order valence-corrected chi connectivity index (χ0v) is 15.3. The maximum atomic E-state index is 12.2. The molecular formula is C18H25N3O5. The molecule has 0 saturated heterocycles. The third-order valence-electron chi connectivity index (χ3n) is 4.22. The van der Waals surface area contributed by atoms with E-state index >= 15 is 0 Å². The first kappa shape index (κ1) is 19.7. The molecule has 142 valence electrons. The lowest BCUT2D eigenvalue weighted by atomic mass is 9.99. The van der Waals surface area contributed by atoms with Crippen LogP contribution in [0.5, 0.6) is 0 Å². The molecule has 0 spiro atoms. The van der Waals surface area contributed by atoms with Gasteiger partial charge in [-0.05, 0) is 50.5 Å². The zero-order chi connectivity index (χ0) is 19.3. The second-order valence-corrected chi connectivity index (χ2v) is 6.93. The number of benzene rings is 1. The predicted molar refractivity (Wildman–Crippen MR) is 97.5 cm³/mol. The van der Waals surface area contributed by atoms with Crippen LogP contribution in [0.15, 0.2) is 18.2 Å². The van der Waals surface area contributed by atoms with Crippen LogP contribution in [0, 0.1) is 0 Å². The van der Waals surface area contributed by atoms with Crippen LogP contribution < -0.4 is 15.5 Å². The molecule has 0 aromatic heterocycles. The second kappa shape index (κ2) is 8.18. The first-order valence-corrected chi connectivity index (χ1v) is 8.45. The molecule has 0 saturated carbocycles. The zero-order valence-electron chi connectivity index (χ0n) is 15.3. The minimum Gasteiger partial charge on any atom is -0.481 e. The second-order valence-electron chi connectivity index (χ2n) is 6.93. The number of carbonyl (C=O) groups excluding carboxylic acids is 2. The first-order valence-electron chi connectivity index (χ1n) is 8.45. The predicted octanol–water partition coefficient (Wildman–Crippen LogP) is 1.99. The van der Waals surface area contributed by atoms with E-state index in [1.165, 1.54) is 7.11 Å². The number of nitrogens with one attached hydrogen (secondary N) is 2. The molecule has 1 heterocycles. The molecular weight excluding hydrogens is 338 g/mol. The lowest BCUT2D eigenvalue weighted by Gasteiger charge is -2.25. The average molecular weight is 363 g/mol. The highest BCUT2D eigenvalue weighted by atomic mass is 16.5. The van der Waals surface area contributed by atoms with Gasteiger partial charge in [0, 0.05) is 37.0 Å². The van der Waals surface area contributed by atoms with Crippen molar-refractivity contribution in [1.82, 2.24) is 5.32 Å². The average Bonchev–Trinajstić information content (AvgIpc) is 2.96. The number of carbonyl (C=O) groups is 3. The molecule has 0 bridgehead atoms. The lowest BCUT2D eigenvalue weighted by Crippen LogP contribution is -2.45. The molecule has 0 unspecified atom stereocenters. The summed E-state index contributed by atoms with van der Waals surface area (Å²) in [7, 11) is 1.48. The van der Waals surface area contributed by atoms with Crippen LogP contribution in [0.3, 0.4) is 0 Å². The largest absolute Gasteiger partial charge is 0.481 e. The van der Waals surface area contributed by atoms with Crippen LogP contribution in [0.25, 0.3) is 0 Å². The normalized spacial score (nSPS) is 13.3. The number of amides is 3. The molecule has 2 rings (SSSR count). The molecule has 26 heavy (non-hydrogen) atoms. The van der Waals surface area contributed by atoms with Gasteiger partial charge in [-0.25, -0.2) is 4.79 Å². The maximum absolute atomic E-state index is 12.2. The van der Waals surface area contributed by atoms with E-state index in [-0.39, 0.29) is 18.9 Å².